The Morgan fingerprint density at radius 1 is 1.20 bits per heavy atom. The second-order valence-electron chi connectivity index (χ2n) is 3.24. The summed E-state index contributed by atoms with van der Waals surface area (Å²) in [6, 6.07) is 8.09. The second-order valence-corrected chi connectivity index (χ2v) is 4.15. The van der Waals surface area contributed by atoms with Gasteiger partial charge in [0.1, 0.15) is 5.82 Å². The number of rotatable bonds is 2. The van der Waals surface area contributed by atoms with Gasteiger partial charge < -0.3 is 5.73 Å². The van der Waals surface area contributed by atoms with Gasteiger partial charge in [0.05, 0.1) is 18.1 Å². The third-order valence-corrected chi connectivity index (χ3v) is 2.47. The maximum atomic E-state index is 5.51. The molecule has 1 aromatic carbocycles. The highest BCUT2D eigenvalue weighted by atomic mass is 79.9. The molecule has 0 radical (unpaired) electrons. The molecule has 76 valence electrons. The summed E-state index contributed by atoms with van der Waals surface area (Å²) in [7, 11) is 0. The number of halogens is 1. The number of hydrogen-bond donors (Lipinski definition) is 1. The molecule has 4 heteroatoms. The minimum Gasteiger partial charge on any atom is -0.396 e. The van der Waals surface area contributed by atoms with Crippen molar-refractivity contribution in [3.8, 4) is 0 Å². The first-order valence-electron chi connectivity index (χ1n) is 4.55. The fraction of sp³-hybridized carbons (Fsp3) is 0.0909. The average molecular weight is 264 g/mol. The summed E-state index contributed by atoms with van der Waals surface area (Å²) < 4.78 is 1.07. The van der Waals surface area contributed by atoms with Crippen LogP contribution in [0.25, 0.3) is 0 Å². The molecule has 0 saturated carbocycles. The molecular formula is C11H10BrN3. The van der Waals surface area contributed by atoms with Crippen molar-refractivity contribution in [2.75, 3.05) is 5.73 Å². The lowest BCUT2D eigenvalue weighted by Gasteiger charge is -2.01. The molecule has 0 aliphatic heterocycles. The van der Waals surface area contributed by atoms with Crippen molar-refractivity contribution in [2.45, 2.75) is 6.42 Å². The van der Waals surface area contributed by atoms with Gasteiger partial charge >= 0.3 is 0 Å². The molecule has 1 aromatic heterocycles. The van der Waals surface area contributed by atoms with Crippen molar-refractivity contribution >= 4 is 21.6 Å². The van der Waals surface area contributed by atoms with E-state index in [4.69, 9.17) is 5.73 Å². The van der Waals surface area contributed by atoms with Crippen LogP contribution in [-0.4, -0.2) is 9.97 Å². The zero-order valence-electron chi connectivity index (χ0n) is 8.02. The van der Waals surface area contributed by atoms with Crippen molar-refractivity contribution in [3.05, 3.63) is 52.5 Å². The van der Waals surface area contributed by atoms with Crippen LogP contribution >= 0.6 is 15.9 Å². The van der Waals surface area contributed by atoms with Gasteiger partial charge in [0.2, 0.25) is 0 Å². The van der Waals surface area contributed by atoms with E-state index in [0.29, 0.717) is 5.69 Å². The SMILES string of the molecule is Nc1cnc(Cc2cccc(Br)c2)nc1. The highest BCUT2D eigenvalue weighted by molar-refractivity contribution is 9.10. The van der Waals surface area contributed by atoms with Crippen LogP contribution in [-0.2, 0) is 6.42 Å². The number of nitrogens with zero attached hydrogens (tertiary/aromatic N) is 2. The molecule has 2 rings (SSSR count). The Balaban J connectivity index is 2.18. The van der Waals surface area contributed by atoms with Crippen LogP contribution in [0.1, 0.15) is 11.4 Å². The number of anilines is 1. The monoisotopic (exact) mass is 263 g/mol. The summed E-state index contributed by atoms with van der Waals surface area (Å²) in [5, 5.41) is 0. The maximum absolute atomic E-state index is 5.51. The summed E-state index contributed by atoms with van der Waals surface area (Å²) in [6.07, 6.45) is 3.97. The molecule has 0 bridgehead atoms. The minimum atomic E-state index is 0.591. The first kappa shape index (κ1) is 10.1. The Morgan fingerprint density at radius 3 is 2.60 bits per heavy atom. The summed E-state index contributed by atoms with van der Waals surface area (Å²) in [6.45, 7) is 0. The van der Waals surface area contributed by atoms with Crippen molar-refractivity contribution in [3.63, 3.8) is 0 Å². The number of nitrogen functional groups attached to an aromatic ring is 1. The van der Waals surface area contributed by atoms with Gasteiger partial charge in [-0.3, -0.25) is 0 Å². The van der Waals surface area contributed by atoms with Gasteiger partial charge in [-0.2, -0.15) is 0 Å². The smallest absolute Gasteiger partial charge is 0.132 e. The van der Waals surface area contributed by atoms with E-state index < -0.39 is 0 Å². The first-order chi connectivity index (χ1) is 7.24. The predicted molar refractivity (Wildman–Crippen MR) is 63.4 cm³/mol. The molecule has 0 aliphatic carbocycles. The predicted octanol–water partition coefficient (Wildman–Crippen LogP) is 2.41. The Labute approximate surface area is 96.5 Å². The zero-order valence-corrected chi connectivity index (χ0v) is 9.61. The van der Waals surface area contributed by atoms with E-state index in [1.54, 1.807) is 12.4 Å². The number of benzene rings is 1. The van der Waals surface area contributed by atoms with E-state index >= 15 is 0 Å². The molecule has 0 amide bonds. The van der Waals surface area contributed by atoms with Crippen LogP contribution in [0.5, 0.6) is 0 Å². The van der Waals surface area contributed by atoms with Gasteiger partial charge in [-0.05, 0) is 17.7 Å². The molecule has 0 atom stereocenters. The summed E-state index contributed by atoms with van der Waals surface area (Å²) in [4.78, 5) is 8.30. The van der Waals surface area contributed by atoms with Crippen LogP contribution in [0, 0.1) is 0 Å². The van der Waals surface area contributed by atoms with E-state index in [1.807, 2.05) is 18.2 Å². The Hall–Kier alpha value is -1.42. The van der Waals surface area contributed by atoms with Crippen molar-refractivity contribution in [1.82, 2.24) is 9.97 Å². The van der Waals surface area contributed by atoms with E-state index in [-0.39, 0.29) is 0 Å². The number of nitrogens with two attached hydrogens (primary N) is 1. The van der Waals surface area contributed by atoms with Crippen LogP contribution in [0.3, 0.4) is 0 Å². The van der Waals surface area contributed by atoms with E-state index in [9.17, 15) is 0 Å². The average Bonchev–Trinajstić information content (AvgIpc) is 2.22. The molecule has 0 aliphatic rings. The zero-order chi connectivity index (χ0) is 10.7. The maximum Gasteiger partial charge on any atom is 0.132 e. The van der Waals surface area contributed by atoms with Gasteiger partial charge in [-0.25, -0.2) is 9.97 Å². The van der Waals surface area contributed by atoms with E-state index in [2.05, 4.69) is 32.0 Å². The molecule has 1 heterocycles. The normalized spacial score (nSPS) is 10.2. The fourth-order valence-electron chi connectivity index (χ4n) is 1.29. The molecule has 0 fully saturated rings. The molecule has 2 N–H and O–H groups in total. The minimum absolute atomic E-state index is 0.591. The van der Waals surface area contributed by atoms with Gasteiger partial charge in [0.15, 0.2) is 0 Å². The third kappa shape index (κ3) is 2.76. The lowest BCUT2D eigenvalue weighted by Crippen LogP contribution is -1.97. The van der Waals surface area contributed by atoms with Crippen molar-refractivity contribution in [2.24, 2.45) is 0 Å². The second kappa shape index (κ2) is 4.40. The van der Waals surface area contributed by atoms with Crippen molar-refractivity contribution in [1.29, 1.82) is 0 Å². The molecule has 0 saturated heterocycles. The van der Waals surface area contributed by atoms with Crippen molar-refractivity contribution < 1.29 is 0 Å². The Morgan fingerprint density at radius 2 is 1.93 bits per heavy atom. The summed E-state index contributed by atoms with van der Waals surface area (Å²) in [5.74, 6) is 0.780. The Kier molecular flexibility index (Phi) is 2.97. The van der Waals surface area contributed by atoms with Gasteiger partial charge in [0, 0.05) is 10.9 Å². The van der Waals surface area contributed by atoms with E-state index in [1.165, 1.54) is 5.56 Å². The largest absolute Gasteiger partial charge is 0.396 e. The lowest BCUT2D eigenvalue weighted by molar-refractivity contribution is 0.970. The molecule has 15 heavy (non-hydrogen) atoms. The molecule has 0 spiro atoms. The topological polar surface area (TPSA) is 51.8 Å². The highest BCUT2D eigenvalue weighted by Crippen LogP contribution is 2.13. The van der Waals surface area contributed by atoms with Crippen LogP contribution in [0.15, 0.2) is 41.1 Å². The highest BCUT2D eigenvalue weighted by Gasteiger charge is 1.99. The standard InChI is InChI=1S/C11H10BrN3/c12-9-3-1-2-8(4-9)5-11-14-6-10(13)7-15-11/h1-4,6-7H,5,13H2. The van der Waals surface area contributed by atoms with Crippen LogP contribution < -0.4 is 5.73 Å². The van der Waals surface area contributed by atoms with Gasteiger partial charge in [0.25, 0.3) is 0 Å². The molecular weight excluding hydrogens is 254 g/mol. The fourth-order valence-corrected chi connectivity index (χ4v) is 1.73. The van der Waals surface area contributed by atoms with Crippen LogP contribution in [0.2, 0.25) is 0 Å². The van der Waals surface area contributed by atoms with E-state index in [0.717, 1.165) is 16.7 Å². The van der Waals surface area contributed by atoms with Crippen LogP contribution in [0.4, 0.5) is 5.69 Å². The first-order valence-corrected chi connectivity index (χ1v) is 5.34. The summed E-state index contributed by atoms with van der Waals surface area (Å²) in [5.41, 5.74) is 7.28. The summed E-state index contributed by atoms with van der Waals surface area (Å²) >= 11 is 3.43. The quantitative estimate of drug-likeness (QED) is 0.906. The lowest BCUT2D eigenvalue weighted by atomic mass is 10.1. The third-order valence-electron chi connectivity index (χ3n) is 1.98. The number of hydrogen-bond acceptors (Lipinski definition) is 3. The van der Waals surface area contributed by atoms with Gasteiger partial charge in [-0.15, -0.1) is 0 Å². The number of aromatic nitrogens is 2. The molecule has 2 aromatic rings. The molecule has 0 unspecified atom stereocenters. The Bertz CT molecular complexity index is 454. The molecule has 3 nitrogen and oxygen atoms in total. The van der Waals surface area contributed by atoms with Gasteiger partial charge in [-0.1, -0.05) is 28.1 Å².